The number of nitrogens with one attached hydrogen (secondary N) is 7. The lowest BCUT2D eigenvalue weighted by atomic mass is 9.81. The van der Waals surface area contributed by atoms with Crippen LogP contribution in [0.3, 0.4) is 0 Å². The maximum Gasteiger partial charge on any atom is 0.382 e. The van der Waals surface area contributed by atoms with Gasteiger partial charge in [0.15, 0.2) is 5.78 Å². The predicted molar refractivity (Wildman–Crippen MR) is 376 cm³/mol. The largest absolute Gasteiger partial charge is 0.481 e. The van der Waals surface area contributed by atoms with Crippen LogP contribution < -0.4 is 37.2 Å². The Morgan fingerprint density at radius 2 is 0.775 bits per heavy atom. The van der Waals surface area contributed by atoms with E-state index in [1.165, 1.54) is 44.4 Å². The lowest BCUT2D eigenvalue weighted by molar-refractivity contribution is -0.144. The predicted octanol–water partition coefficient (Wildman–Crippen LogP) is 6.41. The summed E-state index contributed by atoms with van der Waals surface area (Å²) in [4.78, 5) is 151. The minimum absolute atomic E-state index is 0.00968. The van der Waals surface area contributed by atoms with E-state index < -0.39 is 41.7 Å². The minimum Gasteiger partial charge on any atom is -0.481 e. The molecule has 0 bridgehead atoms. The molecule has 0 spiro atoms. The lowest BCUT2D eigenvalue weighted by Gasteiger charge is -2.25. The van der Waals surface area contributed by atoms with Crippen LogP contribution >= 0.6 is 11.8 Å². The van der Waals surface area contributed by atoms with Gasteiger partial charge in [-0.05, 0) is 159 Å². The molecule has 0 aromatic heterocycles. The molecule has 8 saturated carbocycles. The number of ether oxygens (including phenoxy) is 2. The second-order valence-electron chi connectivity index (χ2n) is 26.6. The number of carboxylic acids is 6. The summed E-state index contributed by atoms with van der Waals surface area (Å²) in [6.45, 7) is 4.09. The van der Waals surface area contributed by atoms with Gasteiger partial charge < -0.3 is 77.3 Å². The normalized spacial score (nSPS) is 17.2. The van der Waals surface area contributed by atoms with Gasteiger partial charge in [-0.2, -0.15) is 11.8 Å². The Morgan fingerprint density at radius 1 is 0.392 bits per heavy atom. The van der Waals surface area contributed by atoms with E-state index in [0.29, 0.717) is 104 Å². The molecule has 1 aromatic rings. The number of ketones is 1. The summed E-state index contributed by atoms with van der Waals surface area (Å²) >= 11 is 1.52. The summed E-state index contributed by atoms with van der Waals surface area (Å²) in [5, 5.41) is 70.2. The molecule has 8 aliphatic carbocycles. The van der Waals surface area contributed by atoms with Crippen molar-refractivity contribution in [2.45, 2.75) is 243 Å². The van der Waals surface area contributed by atoms with Crippen LogP contribution in [0.5, 0.6) is 0 Å². The highest BCUT2D eigenvalue weighted by Crippen LogP contribution is 2.31. The maximum atomic E-state index is 11.7. The Balaban J connectivity index is 0.000000310. The first-order valence-corrected chi connectivity index (χ1v) is 37.1. The highest BCUT2D eigenvalue weighted by atomic mass is 32.2. The van der Waals surface area contributed by atoms with Gasteiger partial charge in [-0.15, -0.1) is 0 Å². The van der Waals surface area contributed by atoms with Crippen molar-refractivity contribution in [2.24, 2.45) is 23.7 Å². The number of Topliss-reactive ketones (excluding diaryl/α,β-unsaturated/α-hetero) is 1. The monoisotopic (exact) mass is 1460 g/mol. The zero-order valence-electron chi connectivity index (χ0n) is 58.9. The van der Waals surface area contributed by atoms with E-state index in [1.54, 1.807) is 30.2 Å². The van der Waals surface area contributed by atoms with E-state index in [9.17, 15) is 67.1 Å². The third-order valence-corrected chi connectivity index (χ3v) is 17.3. The van der Waals surface area contributed by atoms with Crippen molar-refractivity contribution in [1.29, 1.82) is 0 Å². The number of rotatable bonds is 40. The fraction of sp³-hybridized carbons (Fsp3) is 0.694. The zero-order valence-corrected chi connectivity index (χ0v) is 59.7. The van der Waals surface area contributed by atoms with Gasteiger partial charge in [-0.25, -0.2) is 4.79 Å². The summed E-state index contributed by atoms with van der Waals surface area (Å²) in [6, 6.07) is 8.55. The van der Waals surface area contributed by atoms with Crippen LogP contribution in [-0.4, -0.2) is 195 Å². The number of hydrogen-bond donors (Lipinski definition) is 13. The summed E-state index contributed by atoms with van der Waals surface area (Å²) in [5.41, 5.74) is 1.25. The molecule has 102 heavy (non-hydrogen) atoms. The number of carbonyl (C=O) groups is 14. The number of unbranched alkanes of at least 4 members (excludes halogenated alkanes) is 5. The number of aliphatic carboxylic acids is 6. The van der Waals surface area contributed by atoms with Crippen molar-refractivity contribution in [3.05, 3.63) is 35.4 Å². The van der Waals surface area contributed by atoms with E-state index in [0.717, 1.165) is 135 Å². The second-order valence-corrected chi connectivity index (χ2v) is 27.8. The van der Waals surface area contributed by atoms with Gasteiger partial charge in [0.1, 0.15) is 0 Å². The van der Waals surface area contributed by atoms with Crippen molar-refractivity contribution in [1.82, 2.24) is 37.2 Å². The number of amides is 7. The van der Waals surface area contributed by atoms with Gasteiger partial charge in [0.2, 0.25) is 29.5 Å². The van der Waals surface area contributed by atoms with Crippen LogP contribution in [0.25, 0.3) is 0 Å². The Kier molecular flexibility index (Phi) is 44.8. The van der Waals surface area contributed by atoms with Gasteiger partial charge in [0.05, 0.1) is 51.6 Å². The summed E-state index contributed by atoms with van der Waals surface area (Å²) < 4.78 is 9.97. The first kappa shape index (κ1) is 88.0. The van der Waals surface area contributed by atoms with Crippen LogP contribution in [0.2, 0.25) is 0 Å². The van der Waals surface area contributed by atoms with Gasteiger partial charge in [-0.1, -0.05) is 37.8 Å². The van der Waals surface area contributed by atoms with Gasteiger partial charge >= 0.3 is 35.8 Å². The quantitative estimate of drug-likeness (QED) is 0.0192. The third kappa shape index (κ3) is 53.7. The molecule has 29 nitrogen and oxygen atoms in total. The Labute approximate surface area is 601 Å². The molecule has 0 heterocycles. The average Bonchev–Trinajstić information content (AvgIpc) is 1.85. The van der Waals surface area contributed by atoms with Crippen molar-refractivity contribution in [2.75, 3.05) is 51.0 Å². The molecular formula is C72H109N7O22S. The maximum absolute atomic E-state index is 11.7. The van der Waals surface area contributed by atoms with Gasteiger partial charge in [0.25, 0.3) is 11.8 Å². The minimum atomic E-state index is -1.28. The Hall–Kier alpha value is -8.17. The molecule has 0 unspecified atom stereocenters. The first-order valence-electron chi connectivity index (χ1n) is 36.0. The first-order chi connectivity index (χ1) is 48.7. The van der Waals surface area contributed by atoms with Crippen LogP contribution in [0.1, 0.15) is 233 Å². The van der Waals surface area contributed by atoms with Crippen LogP contribution in [0, 0.1) is 35.5 Å². The molecular weight excluding hydrogens is 1350 g/mol. The molecule has 0 radical (unpaired) electrons. The van der Waals surface area contributed by atoms with E-state index >= 15 is 0 Å². The highest BCUT2D eigenvalue weighted by Gasteiger charge is 2.33. The van der Waals surface area contributed by atoms with Gasteiger partial charge in [0, 0.05) is 116 Å². The lowest BCUT2D eigenvalue weighted by Crippen LogP contribution is -2.35. The topological polar surface area (TPSA) is 463 Å². The summed E-state index contributed by atoms with van der Waals surface area (Å²) in [6.07, 6.45) is 26.6. The van der Waals surface area contributed by atoms with E-state index in [2.05, 4.69) is 37.2 Å². The van der Waals surface area contributed by atoms with Crippen LogP contribution in [-0.2, 0) is 67.0 Å². The van der Waals surface area contributed by atoms with Crippen molar-refractivity contribution in [3.63, 3.8) is 0 Å². The molecule has 0 saturated heterocycles. The summed E-state index contributed by atoms with van der Waals surface area (Å²) in [7, 11) is 0. The van der Waals surface area contributed by atoms with E-state index in [1.807, 2.05) is 5.92 Å². The number of carboxylic acid groups (broad SMARTS) is 6. The number of carbonyl (C=O) groups excluding carboxylic acids is 8. The third-order valence-electron chi connectivity index (χ3n) is 16.3. The molecule has 9 rings (SSSR count). The molecule has 30 heteroatoms. The Bertz CT molecular complexity index is 2840. The zero-order chi connectivity index (χ0) is 75.0. The molecule has 8 aliphatic rings. The fourth-order valence-corrected chi connectivity index (χ4v) is 9.85. The molecule has 8 fully saturated rings. The van der Waals surface area contributed by atoms with Crippen LogP contribution in [0.4, 0.5) is 0 Å². The molecule has 570 valence electrons. The number of thioether (sulfide) groups is 1. The number of hydrogen-bond acceptors (Lipinski definition) is 17. The van der Waals surface area contributed by atoms with Crippen molar-refractivity contribution in [3.8, 4) is 11.8 Å². The standard InChI is InChI=1S/C14H25NO3.C12H13NO2.C11H17NO3.C10H17NO4.C9H15NO4.C9H15NO3S.C7H7NO3/c16-13(15-11-12-9-10-12)7-5-3-1-2-4-6-8-14(17)18;1-8(14)9-2-4-10(5-3-9)12(15)13-11-6-7-11;13-10(12-9-5-6-9)7-1-3-8(4-2-7)11(14)15;12-9(11-7-8-1-2-8)3-5-15-6-4-10(13)14;2*11-8(10-7-1-2-7)3-5-14-6-4-9(12)13;9-6(3-4-7(10)11)8-5-1-2-5/h12H,1-11H2,(H,15,16)(H,17,18);2-5,11H,6-7H2,1H3,(H,13,15);7-9H,1-6H2,(H,12,13)(H,14,15);8H,1-7H2,(H,11,12)(H,13,14);2*7H,1-6H2,(H,10,11)(H,12,13);5H,1-2H2,(H,8,9)(H,10,11). The Morgan fingerprint density at radius 3 is 1.22 bits per heavy atom. The van der Waals surface area contributed by atoms with Crippen molar-refractivity contribution < 1.29 is 107 Å². The fourth-order valence-electron chi connectivity index (χ4n) is 9.00. The molecule has 13 N–H and O–H groups in total. The molecule has 0 aliphatic heterocycles. The SMILES string of the molecule is CC(=O)c1ccc(C(=O)NC2CC2)cc1.O=C(O)C#CC(=O)NC1CC1.O=C(O)C1CCC(C(=O)NC2CC2)CC1.O=C(O)CCCCCCCCC(=O)NCC1CC1.O=C(O)CCOCCC(=O)NC1CC1.O=C(O)CCOCCC(=O)NCC1CC1.O=C(O)CCSCCC(=O)NC1CC1. The highest BCUT2D eigenvalue weighted by molar-refractivity contribution is 7.99. The van der Waals surface area contributed by atoms with E-state index in [4.69, 9.17) is 40.1 Å². The second kappa shape index (κ2) is 51.9. The molecule has 7 amide bonds. The molecule has 0 atom stereocenters. The van der Waals surface area contributed by atoms with Gasteiger partial charge in [-0.3, -0.25) is 62.3 Å². The number of benzene rings is 1. The van der Waals surface area contributed by atoms with Crippen LogP contribution in [0.15, 0.2) is 24.3 Å². The average molecular weight is 1460 g/mol. The van der Waals surface area contributed by atoms with Crippen molar-refractivity contribution >= 4 is 94.7 Å². The molecule has 1 aromatic carbocycles. The summed E-state index contributed by atoms with van der Waals surface area (Å²) in [5.74, 6) is 0.872. The smallest absolute Gasteiger partial charge is 0.382 e. The van der Waals surface area contributed by atoms with E-state index in [-0.39, 0.29) is 98.0 Å².